The first-order chi connectivity index (χ1) is 11.8. The first-order valence-corrected chi connectivity index (χ1v) is 10.00. The highest BCUT2D eigenvalue weighted by atomic mass is 32.2. The highest BCUT2D eigenvalue weighted by Gasteiger charge is 2.14. The van der Waals surface area contributed by atoms with Gasteiger partial charge >= 0.3 is 0 Å². The summed E-state index contributed by atoms with van der Waals surface area (Å²) in [5.74, 6) is 0. The SMILES string of the molecule is CCC(C)Sc1nc2c(cnn2-c2ccc(S(N)(=O)=O)cc2)c(=O)[nH]1. The highest BCUT2D eigenvalue weighted by molar-refractivity contribution is 7.99. The van der Waals surface area contributed by atoms with Gasteiger partial charge in [0.2, 0.25) is 10.0 Å². The first kappa shape index (κ1) is 17.6. The monoisotopic (exact) mass is 379 g/mol. The lowest BCUT2D eigenvalue weighted by molar-refractivity contribution is 0.598. The number of nitrogens with zero attached hydrogens (tertiary/aromatic N) is 3. The maximum Gasteiger partial charge on any atom is 0.262 e. The van der Waals surface area contributed by atoms with E-state index in [4.69, 9.17) is 5.14 Å². The van der Waals surface area contributed by atoms with Crippen molar-refractivity contribution < 1.29 is 8.42 Å². The Morgan fingerprint density at radius 3 is 2.60 bits per heavy atom. The summed E-state index contributed by atoms with van der Waals surface area (Å²) in [4.78, 5) is 19.5. The van der Waals surface area contributed by atoms with Gasteiger partial charge in [0.15, 0.2) is 10.8 Å². The number of primary sulfonamides is 1. The molecular formula is C15H17N5O3S2. The Bertz CT molecular complexity index is 1070. The molecule has 0 bridgehead atoms. The molecule has 3 aromatic rings. The molecule has 3 N–H and O–H groups in total. The zero-order chi connectivity index (χ0) is 18.2. The zero-order valence-corrected chi connectivity index (χ0v) is 15.3. The molecule has 2 aromatic heterocycles. The third-order valence-electron chi connectivity index (χ3n) is 3.71. The molecule has 0 aliphatic rings. The van der Waals surface area contributed by atoms with Crippen molar-refractivity contribution in [2.75, 3.05) is 0 Å². The molecule has 0 amide bonds. The van der Waals surface area contributed by atoms with Crippen molar-refractivity contribution in [1.82, 2.24) is 19.7 Å². The lowest BCUT2D eigenvalue weighted by Crippen LogP contribution is -2.12. The van der Waals surface area contributed by atoms with Crippen molar-refractivity contribution in [2.45, 2.75) is 35.6 Å². The van der Waals surface area contributed by atoms with Gasteiger partial charge in [-0.3, -0.25) is 4.79 Å². The van der Waals surface area contributed by atoms with Crippen LogP contribution >= 0.6 is 11.8 Å². The van der Waals surface area contributed by atoms with Gasteiger partial charge < -0.3 is 4.98 Å². The van der Waals surface area contributed by atoms with Gasteiger partial charge in [-0.1, -0.05) is 25.6 Å². The number of fused-ring (bicyclic) bond motifs is 1. The van der Waals surface area contributed by atoms with Crippen LogP contribution in [0.4, 0.5) is 0 Å². The molecule has 1 unspecified atom stereocenters. The third kappa shape index (κ3) is 3.60. The summed E-state index contributed by atoms with van der Waals surface area (Å²) in [6.45, 7) is 4.11. The van der Waals surface area contributed by atoms with E-state index in [9.17, 15) is 13.2 Å². The molecule has 25 heavy (non-hydrogen) atoms. The summed E-state index contributed by atoms with van der Waals surface area (Å²) < 4.78 is 24.2. The number of thioether (sulfide) groups is 1. The van der Waals surface area contributed by atoms with E-state index in [0.717, 1.165) is 6.42 Å². The van der Waals surface area contributed by atoms with Gasteiger partial charge in [-0.2, -0.15) is 5.10 Å². The van der Waals surface area contributed by atoms with Crippen LogP contribution in [0.25, 0.3) is 16.7 Å². The van der Waals surface area contributed by atoms with Crippen molar-refractivity contribution >= 4 is 32.8 Å². The van der Waals surface area contributed by atoms with Crippen molar-refractivity contribution in [3.63, 3.8) is 0 Å². The fourth-order valence-corrected chi connectivity index (χ4v) is 3.55. The molecule has 0 spiro atoms. The molecule has 0 saturated heterocycles. The average Bonchev–Trinajstić information content (AvgIpc) is 2.98. The molecule has 1 atom stereocenters. The molecule has 132 valence electrons. The lowest BCUT2D eigenvalue weighted by atomic mass is 10.3. The van der Waals surface area contributed by atoms with Crippen LogP contribution in [0.1, 0.15) is 20.3 Å². The maximum atomic E-state index is 12.2. The molecular weight excluding hydrogens is 362 g/mol. The minimum absolute atomic E-state index is 0.00605. The van der Waals surface area contributed by atoms with Gasteiger partial charge in [-0.25, -0.2) is 23.2 Å². The number of aromatic amines is 1. The summed E-state index contributed by atoms with van der Waals surface area (Å²) in [7, 11) is -3.76. The molecule has 1 aromatic carbocycles. The van der Waals surface area contributed by atoms with Gasteiger partial charge in [-0.05, 0) is 30.7 Å². The van der Waals surface area contributed by atoms with Crippen LogP contribution in [0.5, 0.6) is 0 Å². The predicted molar refractivity (Wildman–Crippen MR) is 96.5 cm³/mol. The number of hydrogen-bond acceptors (Lipinski definition) is 6. The Hall–Kier alpha value is -2.17. The molecule has 0 radical (unpaired) electrons. The molecule has 0 fully saturated rings. The smallest absolute Gasteiger partial charge is 0.262 e. The minimum Gasteiger partial charge on any atom is -0.301 e. The van der Waals surface area contributed by atoms with Crippen LogP contribution in [-0.4, -0.2) is 33.4 Å². The fraction of sp³-hybridized carbons (Fsp3) is 0.267. The molecule has 0 aliphatic carbocycles. The second-order valence-corrected chi connectivity index (χ2v) is 8.53. The van der Waals surface area contributed by atoms with Crippen LogP contribution in [0.15, 0.2) is 45.3 Å². The van der Waals surface area contributed by atoms with E-state index in [1.54, 1.807) is 12.1 Å². The van der Waals surface area contributed by atoms with E-state index in [2.05, 4.69) is 28.9 Å². The molecule has 0 aliphatic heterocycles. The quantitative estimate of drug-likeness (QED) is 0.513. The minimum atomic E-state index is -3.76. The van der Waals surface area contributed by atoms with E-state index in [0.29, 0.717) is 27.1 Å². The predicted octanol–water partition coefficient (Wildman–Crippen LogP) is 1.65. The molecule has 2 heterocycles. The molecule has 10 heteroatoms. The number of nitrogens with two attached hydrogens (primary N) is 1. The first-order valence-electron chi connectivity index (χ1n) is 7.57. The molecule has 0 saturated carbocycles. The third-order valence-corrected chi connectivity index (χ3v) is 5.80. The summed E-state index contributed by atoms with van der Waals surface area (Å²) in [6, 6.07) is 5.91. The number of H-pyrrole nitrogens is 1. The Labute approximate surface area is 148 Å². The number of hydrogen-bond donors (Lipinski definition) is 2. The standard InChI is InChI=1S/C15H17N5O3S2/c1-3-9(2)24-15-18-13-12(14(21)19-15)8-17-20(13)10-4-6-11(7-5-10)25(16,22)23/h4-9H,3H2,1-2H3,(H2,16,22,23)(H,18,19,21). The number of rotatable bonds is 5. The van der Waals surface area contributed by atoms with E-state index in [-0.39, 0.29) is 10.5 Å². The van der Waals surface area contributed by atoms with Gasteiger partial charge in [0.1, 0.15) is 5.39 Å². The summed E-state index contributed by atoms with van der Waals surface area (Å²) >= 11 is 1.48. The van der Waals surface area contributed by atoms with Gasteiger partial charge in [0.25, 0.3) is 5.56 Å². The van der Waals surface area contributed by atoms with Crippen molar-refractivity contribution in [2.24, 2.45) is 5.14 Å². The van der Waals surface area contributed by atoms with Crippen LogP contribution in [0, 0.1) is 0 Å². The van der Waals surface area contributed by atoms with E-state index >= 15 is 0 Å². The Morgan fingerprint density at radius 1 is 1.32 bits per heavy atom. The number of benzene rings is 1. The van der Waals surface area contributed by atoms with Crippen molar-refractivity contribution in [1.29, 1.82) is 0 Å². The Balaban J connectivity index is 2.09. The van der Waals surface area contributed by atoms with Crippen LogP contribution in [0.3, 0.4) is 0 Å². The summed E-state index contributed by atoms with van der Waals surface area (Å²) in [5.41, 5.74) is 0.737. The Morgan fingerprint density at radius 2 is 2.00 bits per heavy atom. The summed E-state index contributed by atoms with van der Waals surface area (Å²) in [5, 5.41) is 10.5. The largest absolute Gasteiger partial charge is 0.301 e. The van der Waals surface area contributed by atoms with Gasteiger partial charge in [0, 0.05) is 5.25 Å². The van der Waals surface area contributed by atoms with Gasteiger partial charge in [0.05, 0.1) is 16.8 Å². The van der Waals surface area contributed by atoms with Crippen LogP contribution in [0.2, 0.25) is 0 Å². The Kier molecular flexibility index (Phi) is 4.67. The zero-order valence-electron chi connectivity index (χ0n) is 13.6. The van der Waals surface area contributed by atoms with Crippen molar-refractivity contribution in [3.8, 4) is 5.69 Å². The average molecular weight is 379 g/mol. The number of sulfonamides is 1. The molecule has 8 nitrogen and oxygen atoms in total. The number of aromatic nitrogens is 4. The fourth-order valence-electron chi connectivity index (χ4n) is 2.19. The highest BCUT2D eigenvalue weighted by Crippen LogP contribution is 2.23. The van der Waals surface area contributed by atoms with Crippen LogP contribution in [-0.2, 0) is 10.0 Å². The second-order valence-electron chi connectivity index (χ2n) is 5.54. The summed E-state index contributed by atoms with van der Waals surface area (Å²) in [6.07, 6.45) is 2.38. The lowest BCUT2D eigenvalue weighted by Gasteiger charge is -2.08. The van der Waals surface area contributed by atoms with E-state index in [1.807, 2.05) is 0 Å². The van der Waals surface area contributed by atoms with E-state index < -0.39 is 10.0 Å². The maximum absolute atomic E-state index is 12.2. The van der Waals surface area contributed by atoms with E-state index in [1.165, 1.54) is 34.8 Å². The van der Waals surface area contributed by atoms with Crippen molar-refractivity contribution in [3.05, 3.63) is 40.8 Å². The topological polar surface area (TPSA) is 124 Å². The second kappa shape index (κ2) is 6.62. The number of nitrogens with one attached hydrogen (secondary N) is 1. The van der Waals surface area contributed by atoms with Gasteiger partial charge in [-0.15, -0.1) is 0 Å². The normalized spacial score (nSPS) is 13.2. The molecule has 3 rings (SSSR count). The van der Waals surface area contributed by atoms with Crippen LogP contribution < -0.4 is 10.7 Å².